The van der Waals surface area contributed by atoms with E-state index in [1.54, 1.807) is 12.3 Å². The lowest BCUT2D eigenvalue weighted by molar-refractivity contribution is 0.229. The highest BCUT2D eigenvalue weighted by Crippen LogP contribution is 2.20. The number of benzene rings is 1. The zero-order valence-electron chi connectivity index (χ0n) is 11.0. The molecule has 1 aromatic heterocycles. The van der Waals surface area contributed by atoms with Crippen LogP contribution in [0.2, 0.25) is 0 Å². The van der Waals surface area contributed by atoms with E-state index in [1.807, 2.05) is 38.1 Å². The summed E-state index contributed by atoms with van der Waals surface area (Å²) in [7, 11) is 0. The Kier molecular flexibility index (Phi) is 4.30. The summed E-state index contributed by atoms with van der Waals surface area (Å²) in [6.07, 6.45) is 1.66. The van der Waals surface area contributed by atoms with Crippen molar-refractivity contribution in [2.75, 3.05) is 0 Å². The highest BCUT2D eigenvalue weighted by Gasteiger charge is 2.05. The third-order valence-electron chi connectivity index (χ3n) is 2.31. The third-order valence-corrected chi connectivity index (χ3v) is 2.31. The van der Waals surface area contributed by atoms with Gasteiger partial charge in [0, 0.05) is 18.8 Å². The summed E-state index contributed by atoms with van der Waals surface area (Å²) in [5, 5.41) is 0. The second-order valence-corrected chi connectivity index (χ2v) is 4.30. The van der Waals surface area contributed by atoms with E-state index in [0.717, 1.165) is 5.56 Å². The van der Waals surface area contributed by atoms with E-state index in [4.69, 9.17) is 15.2 Å². The lowest BCUT2D eigenvalue weighted by Crippen LogP contribution is -2.07. The summed E-state index contributed by atoms with van der Waals surface area (Å²) in [6, 6.07) is 9.46. The first-order valence-corrected chi connectivity index (χ1v) is 6.14. The zero-order valence-corrected chi connectivity index (χ0v) is 11.0. The monoisotopic (exact) mass is 259 g/mol. The normalized spacial score (nSPS) is 10.5. The maximum Gasteiger partial charge on any atom is 0.325 e. The van der Waals surface area contributed by atoms with Gasteiger partial charge in [-0.2, -0.15) is 4.98 Å². The minimum atomic E-state index is 0.0586. The van der Waals surface area contributed by atoms with Crippen LogP contribution in [0.5, 0.6) is 17.6 Å². The van der Waals surface area contributed by atoms with Gasteiger partial charge in [0.05, 0.1) is 6.10 Å². The lowest BCUT2D eigenvalue weighted by atomic mass is 10.2. The van der Waals surface area contributed by atoms with Crippen molar-refractivity contribution >= 4 is 0 Å². The van der Waals surface area contributed by atoms with Crippen LogP contribution in [0.15, 0.2) is 36.5 Å². The average Bonchev–Trinajstić information content (AvgIpc) is 2.38. The SMILES string of the molecule is CC(C)Oc1ccnc(Oc2cccc(CN)c2)n1. The molecular formula is C14H17N3O2. The number of hydrogen-bond acceptors (Lipinski definition) is 5. The molecule has 2 N–H and O–H groups in total. The predicted octanol–water partition coefficient (Wildman–Crippen LogP) is 2.51. The molecule has 5 nitrogen and oxygen atoms in total. The van der Waals surface area contributed by atoms with Crippen molar-refractivity contribution in [3.05, 3.63) is 42.1 Å². The van der Waals surface area contributed by atoms with Gasteiger partial charge in [-0.25, -0.2) is 4.98 Å². The molecule has 0 saturated heterocycles. The number of hydrogen-bond donors (Lipinski definition) is 1. The molecule has 5 heteroatoms. The van der Waals surface area contributed by atoms with E-state index in [9.17, 15) is 0 Å². The van der Waals surface area contributed by atoms with Crippen molar-refractivity contribution in [2.24, 2.45) is 5.73 Å². The van der Waals surface area contributed by atoms with Gasteiger partial charge in [0.2, 0.25) is 5.88 Å². The second kappa shape index (κ2) is 6.15. The molecule has 0 unspecified atom stereocenters. The molecule has 100 valence electrons. The molecule has 19 heavy (non-hydrogen) atoms. The first-order valence-electron chi connectivity index (χ1n) is 6.14. The van der Waals surface area contributed by atoms with Crippen LogP contribution in [0.1, 0.15) is 19.4 Å². The predicted molar refractivity (Wildman–Crippen MR) is 72.2 cm³/mol. The minimum Gasteiger partial charge on any atom is -0.475 e. The van der Waals surface area contributed by atoms with Crippen LogP contribution in [0, 0.1) is 0 Å². The van der Waals surface area contributed by atoms with E-state index >= 15 is 0 Å². The lowest BCUT2D eigenvalue weighted by Gasteiger charge is -2.09. The largest absolute Gasteiger partial charge is 0.475 e. The van der Waals surface area contributed by atoms with Crippen LogP contribution in [0.4, 0.5) is 0 Å². The molecular weight excluding hydrogens is 242 g/mol. The smallest absolute Gasteiger partial charge is 0.325 e. The average molecular weight is 259 g/mol. The van der Waals surface area contributed by atoms with Crippen molar-refractivity contribution in [3.63, 3.8) is 0 Å². The van der Waals surface area contributed by atoms with Gasteiger partial charge in [-0.05, 0) is 31.5 Å². The number of nitrogens with two attached hydrogens (primary N) is 1. The Morgan fingerprint density at radius 2 is 2.11 bits per heavy atom. The first-order chi connectivity index (χ1) is 9.17. The molecule has 1 aromatic carbocycles. The number of nitrogens with zero attached hydrogens (tertiary/aromatic N) is 2. The molecule has 2 rings (SSSR count). The molecule has 0 aliphatic rings. The molecule has 1 heterocycles. The Labute approximate surface area is 112 Å². The molecule has 0 bridgehead atoms. The molecule has 0 atom stereocenters. The van der Waals surface area contributed by atoms with Gasteiger partial charge < -0.3 is 15.2 Å². The van der Waals surface area contributed by atoms with E-state index in [-0.39, 0.29) is 12.1 Å². The molecule has 2 aromatic rings. The molecule has 0 aliphatic carbocycles. The van der Waals surface area contributed by atoms with Crippen molar-refractivity contribution in [3.8, 4) is 17.6 Å². The summed E-state index contributed by atoms with van der Waals surface area (Å²) in [5.74, 6) is 1.15. The topological polar surface area (TPSA) is 70.3 Å². The zero-order chi connectivity index (χ0) is 13.7. The van der Waals surface area contributed by atoms with E-state index in [0.29, 0.717) is 18.2 Å². The van der Waals surface area contributed by atoms with Gasteiger partial charge in [0.25, 0.3) is 0 Å². The van der Waals surface area contributed by atoms with E-state index in [2.05, 4.69) is 9.97 Å². The van der Waals surface area contributed by atoms with E-state index < -0.39 is 0 Å². The van der Waals surface area contributed by atoms with Crippen LogP contribution in [0.25, 0.3) is 0 Å². The quantitative estimate of drug-likeness (QED) is 0.893. The molecule has 0 fully saturated rings. The maximum atomic E-state index is 5.59. The summed E-state index contributed by atoms with van der Waals surface area (Å²) in [6.45, 7) is 4.34. The van der Waals surface area contributed by atoms with Gasteiger partial charge in [-0.3, -0.25) is 0 Å². The van der Waals surface area contributed by atoms with Crippen LogP contribution in [-0.4, -0.2) is 16.1 Å². The van der Waals surface area contributed by atoms with Crippen molar-refractivity contribution < 1.29 is 9.47 Å². The van der Waals surface area contributed by atoms with Crippen molar-refractivity contribution in [1.29, 1.82) is 0 Å². The maximum absolute atomic E-state index is 5.59. The third kappa shape index (κ3) is 3.93. The van der Waals surface area contributed by atoms with Crippen molar-refractivity contribution in [1.82, 2.24) is 9.97 Å². The molecule has 0 amide bonds. The van der Waals surface area contributed by atoms with Gasteiger partial charge in [-0.15, -0.1) is 0 Å². The van der Waals surface area contributed by atoms with Gasteiger partial charge in [0.15, 0.2) is 0 Å². The fourth-order valence-electron chi connectivity index (χ4n) is 1.52. The van der Waals surface area contributed by atoms with Crippen LogP contribution < -0.4 is 15.2 Å². The summed E-state index contributed by atoms with van der Waals surface area (Å²) in [4.78, 5) is 8.23. The second-order valence-electron chi connectivity index (χ2n) is 4.30. The Bertz CT molecular complexity index is 544. The number of ether oxygens (including phenoxy) is 2. The van der Waals surface area contributed by atoms with Crippen LogP contribution >= 0.6 is 0 Å². The fraction of sp³-hybridized carbons (Fsp3) is 0.286. The molecule has 0 saturated carbocycles. The Balaban J connectivity index is 2.13. The Morgan fingerprint density at radius 1 is 1.26 bits per heavy atom. The molecule has 0 spiro atoms. The fourth-order valence-corrected chi connectivity index (χ4v) is 1.52. The van der Waals surface area contributed by atoms with Crippen LogP contribution in [-0.2, 0) is 6.54 Å². The minimum absolute atomic E-state index is 0.0586. The number of rotatable bonds is 5. The molecule has 0 aliphatic heterocycles. The highest BCUT2D eigenvalue weighted by atomic mass is 16.5. The Hall–Kier alpha value is -2.14. The first kappa shape index (κ1) is 13.3. The van der Waals surface area contributed by atoms with Crippen LogP contribution in [0.3, 0.4) is 0 Å². The summed E-state index contributed by atoms with van der Waals surface area (Å²) >= 11 is 0. The number of aromatic nitrogens is 2. The molecule has 0 radical (unpaired) electrons. The van der Waals surface area contributed by atoms with E-state index in [1.165, 1.54) is 0 Å². The van der Waals surface area contributed by atoms with Gasteiger partial charge in [0.1, 0.15) is 5.75 Å². The summed E-state index contributed by atoms with van der Waals surface area (Å²) in [5.41, 5.74) is 6.58. The van der Waals surface area contributed by atoms with Gasteiger partial charge >= 0.3 is 6.01 Å². The Morgan fingerprint density at radius 3 is 2.84 bits per heavy atom. The summed E-state index contributed by atoms with van der Waals surface area (Å²) < 4.78 is 11.1. The van der Waals surface area contributed by atoms with Crippen molar-refractivity contribution in [2.45, 2.75) is 26.5 Å². The standard InChI is InChI=1S/C14H17N3O2/c1-10(2)18-13-6-7-16-14(17-13)19-12-5-3-4-11(8-12)9-15/h3-8,10H,9,15H2,1-2H3. The van der Waals surface area contributed by atoms with Gasteiger partial charge in [-0.1, -0.05) is 12.1 Å². The highest BCUT2D eigenvalue weighted by molar-refractivity contribution is 5.30.